The highest BCUT2D eigenvalue weighted by Crippen LogP contribution is 2.28. The summed E-state index contributed by atoms with van der Waals surface area (Å²) in [6.45, 7) is 4.39. The van der Waals surface area contributed by atoms with Gasteiger partial charge in [-0.3, -0.25) is 9.88 Å². The summed E-state index contributed by atoms with van der Waals surface area (Å²) in [5.74, 6) is -0.254. The average molecular weight is 263 g/mol. The van der Waals surface area contributed by atoms with E-state index in [9.17, 15) is 4.39 Å². The number of fused-ring (bicyclic) bond motifs is 2. The molecule has 3 nitrogen and oxygen atoms in total. The van der Waals surface area contributed by atoms with E-state index in [-0.39, 0.29) is 5.82 Å². The number of rotatable bonds is 3. The molecule has 1 aromatic rings. The lowest BCUT2D eigenvalue weighted by molar-refractivity contribution is 0.179. The van der Waals surface area contributed by atoms with E-state index in [0.717, 1.165) is 25.2 Å². The lowest BCUT2D eigenvalue weighted by Gasteiger charge is -2.31. The van der Waals surface area contributed by atoms with Crippen LogP contribution in [0, 0.1) is 5.82 Å². The second kappa shape index (κ2) is 5.55. The molecule has 0 amide bonds. The zero-order chi connectivity index (χ0) is 13.2. The van der Waals surface area contributed by atoms with Crippen LogP contribution in [0.4, 0.5) is 4.39 Å². The topological polar surface area (TPSA) is 28.2 Å². The van der Waals surface area contributed by atoms with Gasteiger partial charge >= 0.3 is 0 Å². The normalized spacial score (nSPS) is 29.2. The Hall–Kier alpha value is -1.00. The minimum atomic E-state index is -0.254. The largest absolute Gasteiger partial charge is 0.310 e. The molecule has 2 saturated heterocycles. The number of pyridine rings is 1. The lowest BCUT2D eigenvalue weighted by Crippen LogP contribution is -2.37. The zero-order valence-corrected chi connectivity index (χ0v) is 11.5. The minimum Gasteiger partial charge on any atom is -0.310 e. The summed E-state index contributed by atoms with van der Waals surface area (Å²) in [7, 11) is 0. The van der Waals surface area contributed by atoms with Crippen LogP contribution < -0.4 is 5.32 Å². The predicted octanol–water partition coefficient (Wildman–Crippen LogP) is 2.50. The number of nitrogens with zero attached hydrogens (tertiary/aromatic N) is 2. The molecule has 0 aliphatic carbocycles. The Kier molecular flexibility index (Phi) is 3.80. The maximum Gasteiger partial charge on any atom is 0.141 e. The van der Waals surface area contributed by atoms with E-state index in [4.69, 9.17) is 0 Å². The van der Waals surface area contributed by atoms with Gasteiger partial charge in [0.25, 0.3) is 0 Å². The number of halogens is 1. The van der Waals surface area contributed by atoms with E-state index in [1.807, 2.05) is 6.07 Å². The molecule has 2 bridgehead atoms. The predicted molar refractivity (Wildman–Crippen MR) is 73.4 cm³/mol. The van der Waals surface area contributed by atoms with Crippen molar-refractivity contribution < 1.29 is 4.39 Å². The maximum atomic E-state index is 13.0. The van der Waals surface area contributed by atoms with Gasteiger partial charge in [-0.1, -0.05) is 6.92 Å². The molecule has 0 aromatic carbocycles. The van der Waals surface area contributed by atoms with E-state index in [0.29, 0.717) is 18.1 Å². The van der Waals surface area contributed by atoms with Crippen molar-refractivity contribution in [1.29, 1.82) is 0 Å². The Morgan fingerprint density at radius 3 is 2.95 bits per heavy atom. The first-order chi connectivity index (χ1) is 9.26. The number of likely N-dealkylation sites (tertiary alicyclic amines) is 1. The molecule has 2 aliphatic heterocycles. The van der Waals surface area contributed by atoms with Crippen molar-refractivity contribution in [2.75, 3.05) is 13.1 Å². The van der Waals surface area contributed by atoms with Gasteiger partial charge < -0.3 is 5.32 Å². The molecule has 0 radical (unpaired) electrons. The van der Waals surface area contributed by atoms with Crippen molar-refractivity contribution >= 4 is 0 Å². The number of hydrogen-bond donors (Lipinski definition) is 1. The smallest absolute Gasteiger partial charge is 0.141 e. The Bertz CT molecular complexity index is 420. The van der Waals surface area contributed by atoms with Gasteiger partial charge in [-0.15, -0.1) is 0 Å². The standard InChI is InChI=1S/C15H22FN3/c1-2-15(14-6-3-11(16)9-17-14)19-8-7-12-4-5-13(10-19)18-12/h3,6,9,12-13,15,18H,2,4-5,7-8,10H2,1H3. The van der Waals surface area contributed by atoms with Gasteiger partial charge in [0.1, 0.15) is 5.82 Å². The van der Waals surface area contributed by atoms with Crippen LogP contribution in [0.2, 0.25) is 0 Å². The van der Waals surface area contributed by atoms with Crippen LogP contribution in [-0.4, -0.2) is 35.1 Å². The second-order valence-electron chi connectivity index (χ2n) is 5.75. The van der Waals surface area contributed by atoms with Crippen LogP contribution >= 0.6 is 0 Å². The van der Waals surface area contributed by atoms with Crippen molar-refractivity contribution in [1.82, 2.24) is 15.2 Å². The maximum absolute atomic E-state index is 13.0. The molecule has 3 heterocycles. The Balaban J connectivity index is 1.76. The second-order valence-corrected chi connectivity index (χ2v) is 5.75. The summed E-state index contributed by atoms with van der Waals surface area (Å²) >= 11 is 0. The quantitative estimate of drug-likeness (QED) is 0.908. The van der Waals surface area contributed by atoms with Gasteiger partial charge in [0.15, 0.2) is 0 Å². The summed E-state index contributed by atoms with van der Waals surface area (Å²) in [6, 6.07) is 5.00. The molecule has 2 aliphatic rings. The fraction of sp³-hybridized carbons (Fsp3) is 0.667. The molecule has 104 valence electrons. The van der Waals surface area contributed by atoms with Crippen LogP contribution in [0.5, 0.6) is 0 Å². The van der Waals surface area contributed by atoms with Crippen LogP contribution in [0.1, 0.15) is 44.3 Å². The van der Waals surface area contributed by atoms with Crippen molar-refractivity contribution in [2.45, 2.75) is 50.7 Å². The summed E-state index contributed by atoms with van der Waals surface area (Å²) in [6.07, 6.45) is 6.18. The van der Waals surface area contributed by atoms with Gasteiger partial charge in [-0.05, 0) is 37.8 Å². The Morgan fingerprint density at radius 1 is 1.37 bits per heavy atom. The third-order valence-electron chi connectivity index (χ3n) is 4.47. The third-order valence-corrected chi connectivity index (χ3v) is 4.47. The summed E-state index contributed by atoms with van der Waals surface area (Å²) in [5, 5.41) is 3.70. The van der Waals surface area contributed by atoms with Crippen molar-refractivity contribution in [3.05, 3.63) is 29.8 Å². The fourth-order valence-corrected chi connectivity index (χ4v) is 3.49. The van der Waals surface area contributed by atoms with Gasteiger partial charge in [-0.2, -0.15) is 0 Å². The first-order valence-corrected chi connectivity index (χ1v) is 7.38. The van der Waals surface area contributed by atoms with Gasteiger partial charge in [0, 0.05) is 25.2 Å². The SMILES string of the molecule is CCC(c1ccc(F)cn1)N1CCC2CCC(C1)N2. The van der Waals surface area contributed by atoms with Crippen molar-refractivity contribution in [3.63, 3.8) is 0 Å². The minimum absolute atomic E-state index is 0.254. The monoisotopic (exact) mass is 263 g/mol. The highest BCUT2D eigenvalue weighted by atomic mass is 19.1. The molecule has 19 heavy (non-hydrogen) atoms. The van der Waals surface area contributed by atoms with E-state index >= 15 is 0 Å². The van der Waals surface area contributed by atoms with Crippen molar-refractivity contribution in [3.8, 4) is 0 Å². The summed E-state index contributed by atoms with van der Waals surface area (Å²) < 4.78 is 13.0. The highest BCUT2D eigenvalue weighted by Gasteiger charge is 2.32. The number of aromatic nitrogens is 1. The van der Waals surface area contributed by atoms with E-state index in [1.165, 1.54) is 31.5 Å². The molecule has 0 spiro atoms. The Labute approximate surface area is 114 Å². The molecule has 1 aromatic heterocycles. The van der Waals surface area contributed by atoms with E-state index in [1.54, 1.807) is 0 Å². The van der Waals surface area contributed by atoms with Crippen LogP contribution in [0.15, 0.2) is 18.3 Å². The van der Waals surface area contributed by atoms with Crippen LogP contribution in [0.3, 0.4) is 0 Å². The molecule has 3 atom stereocenters. The fourth-order valence-electron chi connectivity index (χ4n) is 3.49. The van der Waals surface area contributed by atoms with Crippen LogP contribution in [0.25, 0.3) is 0 Å². The highest BCUT2D eigenvalue weighted by molar-refractivity contribution is 5.10. The van der Waals surface area contributed by atoms with E-state index in [2.05, 4.69) is 22.1 Å². The number of hydrogen-bond acceptors (Lipinski definition) is 3. The molecule has 3 rings (SSSR count). The van der Waals surface area contributed by atoms with Gasteiger partial charge in [-0.25, -0.2) is 4.39 Å². The molecule has 0 saturated carbocycles. The van der Waals surface area contributed by atoms with Gasteiger partial charge in [0.05, 0.1) is 17.9 Å². The Morgan fingerprint density at radius 2 is 2.21 bits per heavy atom. The molecular formula is C15H22FN3. The molecule has 2 fully saturated rings. The molecular weight excluding hydrogens is 241 g/mol. The molecule has 4 heteroatoms. The number of nitrogens with one attached hydrogen (secondary N) is 1. The third kappa shape index (κ3) is 2.79. The van der Waals surface area contributed by atoms with Crippen LogP contribution in [-0.2, 0) is 0 Å². The zero-order valence-electron chi connectivity index (χ0n) is 11.5. The average Bonchev–Trinajstić information content (AvgIpc) is 2.74. The van der Waals surface area contributed by atoms with Gasteiger partial charge in [0.2, 0.25) is 0 Å². The molecule has 3 unspecified atom stereocenters. The summed E-state index contributed by atoms with van der Waals surface area (Å²) in [5.41, 5.74) is 1.00. The van der Waals surface area contributed by atoms with Crippen molar-refractivity contribution in [2.24, 2.45) is 0 Å². The molecule has 1 N–H and O–H groups in total. The first kappa shape index (κ1) is 13.0. The summed E-state index contributed by atoms with van der Waals surface area (Å²) in [4.78, 5) is 6.81. The first-order valence-electron chi connectivity index (χ1n) is 7.38. The van der Waals surface area contributed by atoms with E-state index < -0.39 is 0 Å². The lowest BCUT2D eigenvalue weighted by atomic mass is 10.0.